The van der Waals surface area contributed by atoms with Crippen molar-refractivity contribution in [2.45, 2.75) is 30.6 Å². The molecule has 1 saturated carbocycles. The maximum absolute atomic E-state index is 14.9. The van der Waals surface area contributed by atoms with Gasteiger partial charge in [0.15, 0.2) is 5.17 Å². The van der Waals surface area contributed by atoms with Gasteiger partial charge in [-0.3, -0.25) is 9.79 Å². The molecule has 0 unspecified atom stereocenters. The molecule has 0 bridgehead atoms. The second kappa shape index (κ2) is 7.40. The molecule has 1 aliphatic carbocycles. The third kappa shape index (κ3) is 3.43. The summed E-state index contributed by atoms with van der Waals surface area (Å²) in [5.41, 5.74) is 7.73. The molecule has 1 aromatic carbocycles. The number of benzene rings is 1. The number of carbonyl (C=O) groups excluding carboxylic acids is 1. The van der Waals surface area contributed by atoms with Crippen molar-refractivity contribution in [3.05, 3.63) is 64.2 Å². The lowest BCUT2D eigenvalue weighted by atomic mass is 9.85. The number of amidine groups is 1. The Morgan fingerprint density at radius 1 is 1.35 bits per heavy atom. The topological polar surface area (TPSA) is 101 Å². The Bertz CT molecular complexity index is 1240. The van der Waals surface area contributed by atoms with E-state index in [1.54, 1.807) is 25.1 Å². The van der Waals surface area contributed by atoms with Crippen LogP contribution in [0.3, 0.4) is 0 Å². The quantitative estimate of drug-likeness (QED) is 0.576. The number of hydrogen-bond donors (Lipinski definition) is 1. The molecule has 6 nitrogen and oxygen atoms in total. The minimum Gasteiger partial charge on any atom is -0.468 e. The number of hydrogen-bond acceptors (Lipinski definition) is 7. The van der Waals surface area contributed by atoms with E-state index >= 15 is 0 Å². The van der Waals surface area contributed by atoms with E-state index in [2.05, 4.69) is 21.8 Å². The molecule has 2 heterocycles. The van der Waals surface area contributed by atoms with Crippen molar-refractivity contribution in [1.29, 1.82) is 5.26 Å². The van der Waals surface area contributed by atoms with E-state index in [1.165, 1.54) is 31.1 Å². The van der Waals surface area contributed by atoms with Crippen LogP contribution in [0.25, 0.3) is 0 Å². The Kier molecular flexibility index (Phi) is 4.99. The number of carbonyl (C=O) groups is 1. The molecule has 2 N–H and O–H groups in total. The summed E-state index contributed by atoms with van der Waals surface area (Å²) in [6.45, 7) is 3.61. The predicted molar refractivity (Wildman–Crippen MR) is 115 cm³/mol. The van der Waals surface area contributed by atoms with Gasteiger partial charge >= 0.3 is 5.97 Å². The van der Waals surface area contributed by atoms with Gasteiger partial charge in [-0.2, -0.15) is 5.26 Å². The Labute approximate surface area is 183 Å². The number of rotatable bonds is 2. The second-order valence-corrected chi connectivity index (χ2v) is 9.13. The summed E-state index contributed by atoms with van der Waals surface area (Å²) in [5, 5.41) is 9.20. The first-order valence-electron chi connectivity index (χ1n) is 9.55. The number of aliphatic imine (C=N–C) groups is 1. The Balaban J connectivity index is 1.72. The van der Waals surface area contributed by atoms with Crippen LogP contribution in [0.2, 0.25) is 0 Å². The molecule has 156 valence electrons. The molecule has 1 fully saturated rings. The average Bonchev–Trinajstić information content (AvgIpc) is 3.49. The Morgan fingerprint density at radius 2 is 2.13 bits per heavy atom. The van der Waals surface area contributed by atoms with Gasteiger partial charge in [0.1, 0.15) is 22.3 Å². The van der Waals surface area contributed by atoms with Crippen LogP contribution in [0.1, 0.15) is 41.3 Å². The number of halogens is 1. The molecule has 4 rings (SSSR count). The van der Waals surface area contributed by atoms with Crippen molar-refractivity contribution in [2.24, 2.45) is 16.6 Å². The van der Waals surface area contributed by atoms with Gasteiger partial charge in [0, 0.05) is 23.2 Å². The molecule has 0 saturated heterocycles. The number of nitrogens with two attached hydrogens (primary N) is 1. The van der Waals surface area contributed by atoms with E-state index < -0.39 is 16.1 Å². The third-order valence-corrected chi connectivity index (χ3v) is 7.08. The zero-order valence-corrected chi connectivity index (χ0v) is 18.0. The molecule has 0 radical (unpaired) electrons. The van der Waals surface area contributed by atoms with Gasteiger partial charge in [0.25, 0.3) is 0 Å². The average molecular weight is 434 g/mol. The van der Waals surface area contributed by atoms with Gasteiger partial charge in [-0.25, -0.2) is 9.37 Å². The van der Waals surface area contributed by atoms with Gasteiger partial charge in [-0.15, -0.1) is 0 Å². The number of thioether (sulfide) groups is 1. The highest BCUT2D eigenvalue weighted by molar-refractivity contribution is 8.15. The first kappa shape index (κ1) is 20.9. The van der Waals surface area contributed by atoms with Crippen molar-refractivity contribution in [1.82, 2.24) is 4.98 Å². The predicted octanol–water partition coefficient (Wildman–Crippen LogP) is 3.01. The number of fused-ring (bicyclic) bond motifs is 1. The summed E-state index contributed by atoms with van der Waals surface area (Å²) < 4.78 is 19.1. The van der Waals surface area contributed by atoms with Crippen LogP contribution < -0.4 is 5.73 Å². The van der Waals surface area contributed by atoms with Crippen LogP contribution in [0.5, 0.6) is 0 Å². The molecular weight excluding hydrogens is 415 g/mol. The lowest BCUT2D eigenvalue weighted by molar-refractivity contribution is -0.141. The number of aromatic nitrogens is 1. The molecule has 3 atom stereocenters. The molecule has 8 heteroatoms. The highest BCUT2D eigenvalue weighted by Crippen LogP contribution is 2.66. The third-order valence-electron chi connectivity index (χ3n) is 5.79. The number of esters is 1. The van der Waals surface area contributed by atoms with Crippen LogP contribution in [0.4, 0.5) is 4.39 Å². The molecular formula is C23H19FN4O2S. The van der Waals surface area contributed by atoms with Crippen LogP contribution >= 0.6 is 11.8 Å². The molecule has 0 spiro atoms. The van der Waals surface area contributed by atoms with E-state index in [-0.39, 0.29) is 17.1 Å². The van der Waals surface area contributed by atoms with Crippen LogP contribution in [-0.2, 0) is 15.1 Å². The van der Waals surface area contributed by atoms with Gasteiger partial charge in [0.05, 0.1) is 18.2 Å². The fourth-order valence-corrected chi connectivity index (χ4v) is 5.50. The van der Waals surface area contributed by atoms with Crippen molar-refractivity contribution in [2.75, 3.05) is 7.11 Å². The van der Waals surface area contributed by atoms with Crippen molar-refractivity contribution in [3.63, 3.8) is 0 Å². The monoisotopic (exact) mass is 434 g/mol. The minimum absolute atomic E-state index is 0.231. The van der Waals surface area contributed by atoms with Gasteiger partial charge in [0.2, 0.25) is 0 Å². The van der Waals surface area contributed by atoms with Crippen molar-refractivity contribution < 1.29 is 13.9 Å². The maximum Gasteiger partial charge on any atom is 0.322 e. The zero-order valence-electron chi connectivity index (χ0n) is 17.2. The SMILES string of the molecule is COC(=O)[C@]12C[C@H]1[C@@](C)(c1cc(C#Cc3ncc(C#N)cc3C)ccc1F)N=C(N)S2. The largest absolute Gasteiger partial charge is 0.468 e. The highest BCUT2D eigenvalue weighted by atomic mass is 32.2. The lowest BCUT2D eigenvalue weighted by Gasteiger charge is -2.33. The van der Waals surface area contributed by atoms with Gasteiger partial charge in [-0.1, -0.05) is 17.7 Å². The second-order valence-electron chi connectivity index (χ2n) is 7.78. The van der Waals surface area contributed by atoms with Crippen molar-refractivity contribution in [3.8, 4) is 17.9 Å². The highest BCUT2D eigenvalue weighted by Gasteiger charge is 2.71. The van der Waals surface area contributed by atoms with E-state index in [9.17, 15) is 9.18 Å². The van der Waals surface area contributed by atoms with E-state index in [0.717, 1.165) is 5.56 Å². The van der Waals surface area contributed by atoms with Gasteiger partial charge in [-0.05, 0) is 56.0 Å². The Hall–Kier alpha value is -3.36. The van der Waals surface area contributed by atoms with E-state index in [0.29, 0.717) is 28.8 Å². The van der Waals surface area contributed by atoms with Gasteiger partial charge < -0.3 is 10.5 Å². The Morgan fingerprint density at radius 3 is 2.81 bits per heavy atom. The summed E-state index contributed by atoms with van der Waals surface area (Å²) in [6, 6.07) is 8.33. The zero-order chi connectivity index (χ0) is 22.4. The normalized spacial score (nSPS) is 25.9. The van der Waals surface area contributed by atoms with Crippen LogP contribution in [0.15, 0.2) is 35.5 Å². The molecule has 2 aromatic rings. The fourth-order valence-electron chi connectivity index (χ4n) is 4.10. The fraction of sp³-hybridized carbons (Fsp3) is 0.304. The number of aryl methyl sites for hydroxylation is 1. The smallest absolute Gasteiger partial charge is 0.322 e. The number of ether oxygens (including phenoxy) is 1. The molecule has 31 heavy (non-hydrogen) atoms. The number of methoxy groups -OCH3 is 1. The first-order valence-corrected chi connectivity index (χ1v) is 10.4. The summed E-state index contributed by atoms with van der Waals surface area (Å²) >= 11 is 1.19. The van der Waals surface area contributed by atoms with Crippen LogP contribution in [0, 0.1) is 41.8 Å². The minimum atomic E-state index is -1.01. The summed E-state index contributed by atoms with van der Waals surface area (Å²) in [5.74, 6) is 4.95. The molecule has 1 aliphatic heterocycles. The van der Waals surface area contributed by atoms with E-state index in [4.69, 9.17) is 15.7 Å². The maximum atomic E-state index is 14.9. The lowest BCUT2D eigenvalue weighted by Crippen LogP contribution is -2.39. The number of pyridine rings is 1. The summed E-state index contributed by atoms with van der Waals surface area (Å²) in [4.78, 5) is 21.1. The summed E-state index contributed by atoms with van der Waals surface area (Å²) in [7, 11) is 1.34. The van der Waals surface area contributed by atoms with Crippen LogP contribution in [-0.4, -0.2) is 28.0 Å². The van der Waals surface area contributed by atoms with Crippen molar-refractivity contribution >= 4 is 22.9 Å². The molecule has 1 aromatic heterocycles. The first-order chi connectivity index (χ1) is 14.7. The standard InChI is InChI=1S/C23H19FN4O2S/c1-13-8-15(11-25)12-27-18(13)7-5-14-4-6-17(24)16(9-14)22(2)19-10-23(19,20(29)30-3)31-21(26)28-22/h4,6,8-9,12,19H,10H2,1-3H3,(H2,26,28)/t19-,22+,23-/m0/s1. The number of nitrogens with zero attached hydrogens (tertiary/aromatic N) is 3. The summed E-state index contributed by atoms with van der Waals surface area (Å²) in [6.07, 6.45) is 1.97. The number of nitriles is 1. The molecule has 2 aliphatic rings. The molecule has 0 amide bonds. The van der Waals surface area contributed by atoms with E-state index in [1.807, 2.05) is 13.0 Å².